The number of carbonyl (C=O) groups is 1. The molecular weight excluding hydrogens is 248 g/mol. The predicted molar refractivity (Wildman–Crippen MR) is 82.5 cm³/mol. The van der Waals surface area contributed by atoms with E-state index in [1.165, 1.54) is 0 Å². The zero-order chi connectivity index (χ0) is 14.7. The van der Waals surface area contributed by atoms with Crippen molar-refractivity contribution in [1.82, 2.24) is 9.88 Å². The standard InChI is InChI=1S/C17H20N2O/c1-5-10-18-17(20)15-11-12(2)6-9-16(15)19-13(3)7-8-14(19)4/h5-9,11H,1,10H2,2-4H3,(H,18,20). The smallest absolute Gasteiger partial charge is 0.253 e. The Balaban J connectivity index is 2.54. The van der Waals surface area contributed by atoms with E-state index in [1.54, 1.807) is 6.08 Å². The molecule has 1 N–H and O–H groups in total. The molecule has 20 heavy (non-hydrogen) atoms. The molecule has 1 amide bonds. The lowest BCUT2D eigenvalue weighted by atomic mass is 10.1. The van der Waals surface area contributed by atoms with Gasteiger partial charge in [0.1, 0.15) is 0 Å². The molecule has 104 valence electrons. The maximum absolute atomic E-state index is 12.3. The fourth-order valence-corrected chi connectivity index (χ4v) is 2.34. The Morgan fingerprint density at radius 2 is 1.85 bits per heavy atom. The third-order valence-corrected chi connectivity index (χ3v) is 3.32. The topological polar surface area (TPSA) is 34.0 Å². The normalized spacial score (nSPS) is 10.3. The molecule has 3 nitrogen and oxygen atoms in total. The van der Waals surface area contributed by atoms with Crippen molar-refractivity contribution in [2.45, 2.75) is 20.8 Å². The van der Waals surface area contributed by atoms with Crippen LogP contribution in [-0.2, 0) is 0 Å². The van der Waals surface area contributed by atoms with E-state index in [0.29, 0.717) is 12.1 Å². The number of aryl methyl sites for hydroxylation is 3. The molecule has 0 aliphatic carbocycles. The molecule has 1 aromatic heterocycles. The molecule has 0 spiro atoms. The van der Waals surface area contributed by atoms with Gasteiger partial charge in [-0.2, -0.15) is 0 Å². The summed E-state index contributed by atoms with van der Waals surface area (Å²) in [5, 5.41) is 2.85. The molecule has 0 saturated carbocycles. The maximum atomic E-state index is 12.3. The lowest BCUT2D eigenvalue weighted by Gasteiger charge is -2.15. The molecule has 2 rings (SSSR count). The van der Waals surface area contributed by atoms with Crippen molar-refractivity contribution >= 4 is 5.91 Å². The van der Waals surface area contributed by atoms with Crippen LogP contribution in [0.1, 0.15) is 27.3 Å². The summed E-state index contributed by atoms with van der Waals surface area (Å²) in [4.78, 5) is 12.3. The monoisotopic (exact) mass is 268 g/mol. The number of benzene rings is 1. The highest BCUT2D eigenvalue weighted by Gasteiger charge is 2.14. The Hall–Kier alpha value is -2.29. The van der Waals surface area contributed by atoms with Crippen molar-refractivity contribution in [3.63, 3.8) is 0 Å². The second-order valence-electron chi connectivity index (χ2n) is 4.97. The van der Waals surface area contributed by atoms with Gasteiger partial charge in [-0.25, -0.2) is 0 Å². The van der Waals surface area contributed by atoms with Crippen LogP contribution in [0, 0.1) is 20.8 Å². The van der Waals surface area contributed by atoms with Gasteiger partial charge >= 0.3 is 0 Å². The van der Waals surface area contributed by atoms with Crippen LogP contribution in [0.2, 0.25) is 0 Å². The molecular formula is C17H20N2O. The SMILES string of the molecule is C=CCNC(=O)c1cc(C)ccc1-n1c(C)ccc1C. The average Bonchev–Trinajstić information content (AvgIpc) is 2.76. The summed E-state index contributed by atoms with van der Waals surface area (Å²) in [5.41, 5.74) is 4.90. The van der Waals surface area contributed by atoms with E-state index in [2.05, 4.69) is 28.6 Å². The van der Waals surface area contributed by atoms with Crippen molar-refractivity contribution in [2.75, 3.05) is 6.54 Å². The first kappa shape index (κ1) is 14.1. The molecule has 0 unspecified atom stereocenters. The average molecular weight is 268 g/mol. The number of carbonyl (C=O) groups excluding carboxylic acids is 1. The van der Waals surface area contributed by atoms with Gasteiger partial charge in [0.15, 0.2) is 0 Å². The van der Waals surface area contributed by atoms with Crippen molar-refractivity contribution in [1.29, 1.82) is 0 Å². The number of hydrogen-bond donors (Lipinski definition) is 1. The van der Waals surface area contributed by atoms with E-state index in [-0.39, 0.29) is 5.91 Å². The van der Waals surface area contributed by atoms with Crippen molar-refractivity contribution in [3.05, 3.63) is 65.5 Å². The second kappa shape index (κ2) is 5.78. The molecule has 0 atom stereocenters. The summed E-state index contributed by atoms with van der Waals surface area (Å²) in [6, 6.07) is 10.1. The van der Waals surface area contributed by atoms with Crippen LogP contribution in [0.5, 0.6) is 0 Å². The summed E-state index contributed by atoms with van der Waals surface area (Å²) in [5.74, 6) is -0.0731. The molecule has 0 aliphatic rings. The summed E-state index contributed by atoms with van der Waals surface area (Å²) in [6.45, 7) is 10.2. The third-order valence-electron chi connectivity index (χ3n) is 3.32. The number of aromatic nitrogens is 1. The van der Waals surface area contributed by atoms with Gasteiger partial charge in [0, 0.05) is 17.9 Å². The highest BCUT2D eigenvalue weighted by molar-refractivity contribution is 5.98. The highest BCUT2D eigenvalue weighted by atomic mass is 16.1. The number of amides is 1. The van der Waals surface area contributed by atoms with E-state index in [1.807, 2.05) is 39.0 Å². The molecule has 0 fully saturated rings. The molecule has 1 heterocycles. The van der Waals surface area contributed by atoms with Crippen LogP contribution in [0.15, 0.2) is 43.0 Å². The van der Waals surface area contributed by atoms with E-state index in [0.717, 1.165) is 22.6 Å². The van der Waals surface area contributed by atoms with Gasteiger partial charge in [-0.05, 0) is 45.0 Å². The molecule has 0 aliphatic heterocycles. The van der Waals surface area contributed by atoms with E-state index < -0.39 is 0 Å². The Morgan fingerprint density at radius 1 is 1.20 bits per heavy atom. The van der Waals surface area contributed by atoms with Crippen LogP contribution in [0.4, 0.5) is 0 Å². The fraction of sp³-hybridized carbons (Fsp3) is 0.235. The lowest BCUT2D eigenvalue weighted by molar-refractivity contribution is 0.0958. The number of hydrogen-bond acceptors (Lipinski definition) is 1. The number of nitrogens with one attached hydrogen (secondary N) is 1. The zero-order valence-corrected chi connectivity index (χ0v) is 12.2. The first-order valence-corrected chi connectivity index (χ1v) is 6.69. The molecule has 1 aromatic carbocycles. The summed E-state index contributed by atoms with van der Waals surface area (Å²) < 4.78 is 2.10. The predicted octanol–water partition coefficient (Wildman–Crippen LogP) is 3.32. The van der Waals surface area contributed by atoms with Crippen molar-refractivity contribution < 1.29 is 4.79 Å². The number of nitrogens with zero attached hydrogens (tertiary/aromatic N) is 1. The molecule has 0 saturated heterocycles. The molecule has 3 heteroatoms. The third kappa shape index (κ3) is 2.67. The van der Waals surface area contributed by atoms with Crippen LogP contribution in [0.3, 0.4) is 0 Å². The number of rotatable bonds is 4. The maximum Gasteiger partial charge on any atom is 0.253 e. The van der Waals surface area contributed by atoms with Crippen molar-refractivity contribution in [3.8, 4) is 5.69 Å². The van der Waals surface area contributed by atoms with E-state index in [9.17, 15) is 4.79 Å². The minimum absolute atomic E-state index is 0.0731. The van der Waals surface area contributed by atoms with Crippen molar-refractivity contribution in [2.24, 2.45) is 0 Å². The van der Waals surface area contributed by atoms with Gasteiger partial charge in [0.2, 0.25) is 0 Å². The van der Waals surface area contributed by atoms with Gasteiger partial charge < -0.3 is 9.88 Å². The molecule has 0 bridgehead atoms. The van der Waals surface area contributed by atoms with Gasteiger partial charge in [0.05, 0.1) is 11.3 Å². The molecule has 0 radical (unpaired) electrons. The van der Waals surface area contributed by atoms with Crippen LogP contribution in [0.25, 0.3) is 5.69 Å². The van der Waals surface area contributed by atoms with Crippen LogP contribution >= 0.6 is 0 Å². The van der Waals surface area contributed by atoms with Gasteiger partial charge in [-0.1, -0.05) is 17.7 Å². The zero-order valence-electron chi connectivity index (χ0n) is 12.2. The first-order chi connectivity index (χ1) is 9.54. The lowest BCUT2D eigenvalue weighted by Crippen LogP contribution is -2.25. The first-order valence-electron chi connectivity index (χ1n) is 6.69. The Labute approximate surface area is 119 Å². The molecule has 2 aromatic rings. The summed E-state index contributed by atoms with van der Waals surface area (Å²) in [6.07, 6.45) is 1.68. The summed E-state index contributed by atoms with van der Waals surface area (Å²) in [7, 11) is 0. The largest absolute Gasteiger partial charge is 0.349 e. The van der Waals surface area contributed by atoms with E-state index in [4.69, 9.17) is 0 Å². The van der Waals surface area contributed by atoms with Gasteiger partial charge in [-0.15, -0.1) is 6.58 Å². The Bertz CT molecular complexity index is 634. The fourth-order valence-electron chi connectivity index (χ4n) is 2.34. The van der Waals surface area contributed by atoms with Crippen LogP contribution in [-0.4, -0.2) is 17.0 Å². The van der Waals surface area contributed by atoms with Crippen LogP contribution < -0.4 is 5.32 Å². The Morgan fingerprint density at radius 3 is 2.45 bits per heavy atom. The van der Waals surface area contributed by atoms with Gasteiger partial charge in [0.25, 0.3) is 5.91 Å². The second-order valence-corrected chi connectivity index (χ2v) is 4.97. The quantitative estimate of drug-likeness (QED) is 0.848. The minimum atomic E-state index is -0.0731. The minimum Gasteiger partial charge on any atom is -0.349 e. The summed E-state index contributed by atoms with van der Waals surface area (Å²) >= 11 is 0. The Kier molecular flexibility index (Phi) is 4.08. The van der Waals surface area contributed by atoms with E-state index >= 15 is 0 Å². The van der Waals surface area contributed by atoms with Gasteiger partial charge in [-0.3, -0.25) is 4.79 Å². The highest BCUT2D eigenvalue weighted by Crippen LogP contribution is 2.21.